The highest BCUT2D eigenvalue weighted by molar-refractivity contribution is 6.01. The van der Waals surface area contributed by atoms with E-state index >= 15 is 0 Å². The summed E-state index contributed by atoms with van der Waals surface area (Å²) in [7, 11) is 2.87. The SMILES string of the molecule is COc1ccc(C=O)c(C(=O)OCc2ccc(-c3ccccc3)cc2)c1OC. The van der Waals surface area contributed by atoms with Gasteiger partial charge in [-0.3, -0.25) is 4.79 Å². The maximum absolute atomic E-state index is 12.6. The first-order chi connectivity index (χ1) is 13.7. The minimum Gasteiger partial charge on any atom is -0.493 e. The first-order valence-corrected chi connectivity index (χ1v) is 8.69. The van der Waals surface area contributed by atoms with E-state index in [4.69, 9.17) is 14.2 Å². The number of aldehydes is 1. The Kier molecular flexibility index (Phi) is 6.07. The van der Waals surface area contributed by atoms with E-state index in [1.165, 1.54) is 20.3 Å². The first-order valence-electron chi connectivity index (χ1n) is 8.69. The van der Waals surface area contributed by atoms with Crippen molar-refractivity contribution in [2.45, 2.75) is 6.61 Å². The summed E-state index contributed by atoms with van der Waals surface area (Å²) in [6, 6.07) is 20.8. The van der Waals surface area contributed by atoms with Gasteiger partial charge in [-0.05, 0) is 28.8 Å². The Morgan fingerprint density at radius 2 is 1.54 bits per heavy atom. The second-order valence-corrected chi connectivity index (χ2v) is 6.02. The summed E-state index contributed by atoms with van der Waals surface area (Å²) in [6.07, 6.45) is 0.590. The Bertz CT molecular complexity index is 962. The van der Waals surface area contributed by atoms with Gasteiger partial charge in [-0.15, -0.1) is 0 Å². The van der Waals surface area contributed by atoms with E-state index in [1.54, 1.807) is 6.07 Å². The van der Waals surface area contributed by atoms with Crippen molar-refractivity contribution in [3.8, 4) is 22.6 Å². The average Bonchev–Trinajstić information content (AvgIpc) is 2.77. The summed E-state index contributed by atoms with van der Waals surface area (Å²) in [6.45, 7) is 0.0760. The van der Waals surface area contributed by atoms with Gasteiger partial charge in [0.15, 0.2) is 17.8 Å². The zero-order valence-electron chi connectivity index (χ0n) is 15.7. The normalized spacial score (nSPS) is 10.2. The molecule has 3 rings (SSSR count). The van der Waals surface area contributed by atoms with Crippen molar-refractivity contribution in [1.82, 2.24) is 0 Å². The molecule has 5 heteroatoms. The van der Waals surface area contributed by atoms with Crippen LogP contribution in [-0.4, -0.2) is 26.5 Å². The zero-order valence-corrected chi connectivity index (χ0v) is 15.7. The molecule has 0 unspecified atom stereocenters. The summed E-state index contributed by atoms with van der Waals surface area (Å²) in [5.41, 5.74) is 3.26. The molecule has 3 aromatic rings. The van der Waals surface area contributed by atoms with Crippen LogP contribution in [0, 0.1) is 0 Å². The number of esters is 1. The fourth-order valence-corrected chi connectivity index (χ4v) is 2.90. The Hall–Kier alpha value is -3.60. The van der Waals surface area contributed by atoms with E-state index in [0.717, 1.165) is 16.7 Å². The number of benzene rings is 3. The lowest BCUT2D eigenvalue weighted by Crippen LogP contribution is -2.11. The molecule has 142 valence electrons. The van der Waals surface area contributed by atoms with Gasteiger partial charge in [-0.2, -0.15) is 0 Å². The van der Waals surface area contributed by atoms with E-state index in [-0.39, 0.29) is 23.5 Å². The van der Waals surface area contributed by atoms with Crippen LogP contribution in [0.2, 0.25) is 0 Å². The molecule has 0 N–H and O–H groups in total. The van der Waals surface area contributed by atoms with Crippen molar-refractivity contribution in [3.05, 3.63) is 83.4 Å². The molecule has 0 fully saturated rings. The minimum absolute atomic E-state index is 0.0535. The molecule has 0 heterocycles. The quantitative estimate of drug-likeness (QED) is 0.447. The standard InChI is InChI=1S/C23H20O5/c1-26-20-13-12-19(14-24)21(22(20)27-2)23(25)28-15-16-8-10-18(11-9-16)17-6-4-3-5-7-17/h3-14H,15H2,1-2H3. The second-order valence-electron chi connectivity index (χ2n) is 6.02. The zero-order chi connectivity index (χ0) is 19.9. The maximum Gasteiger partial charge on any atom is 0.343 e. The van der Waals surface area contributed by atoms with Gasteiger partial charge < -0.3 is 14.2 Å². The molecule has 0 atom stereocenters. The largest absolute Gasteiger partial charge is 0.493 e. The molecule has 0 saturated carbocycles. The van der Waals surface area contributed by atoms with Gasteiger partial charge in [0.25, 0.3) is 0 Å². The number of methoxy groups -OCH3 is 2. The predicted molar refractivity (Wildman–Crippen MR) is 106 cm³/mol. The lowest BCUT2D eigenvalue weighted by molar-refractivity contribution is 0.0466. The third-order valence-electron chi connectivity index (χ3n) is 4.34. The van der Waals surface area contributed by atoms with Crippen LogP contribution < -0.4 is 9.47 Å². The Morgan fingerprint density at radius 3 is 2.14 bits per heavy atom. The number of rotatable bonds is 7. The monoisotopic (exact) mass is 376 g/mol. The molecule has 0 aliphatic rings. The van der Waals surface area contributed by atoms with Crippen LogP contribution in [0.5, 0.6) is 11.5 Å². The number of carbonyl (C=O) groups is 2. The van der Waals surface area contributed by atoms with Gasteiger partial charge in [0.05, 0.1) is 14.2 Å². The Labute approximate surface area is 163 Å². The van der Waals surface area contributed by atoms with Crippen LogP contribution in [0.1, 0.15) is 26.3 Å². The summed E-state index contributed by atoms with van der Waals surface area (Å²) in [4.78, 5) is 24.0. The van der Waals surface area contributed by atoms with Crippen LogP contribution in [0.25, 0.3) is 11.1 Å². The van der Waals surface area contributed by atoms with Crippen molar-refractivity contribution < 1.29 is 23.8 Å². The molecule has 0 amide bonds. The van der Waals surface area contributed by atoms with E-state index in [2.05, 4.69) is 0 Å². The molecule has 0 aromatic heterocycles. The van der Waals surface area contributed by atoms with Crippen LogP contribution in [0.3, 0.4) is 0 Å². The Balaban J connectivity index is 1.76. The van der Waals surface area contributed by atoms with Gasteiger partial charge in [-0.1, -0.05) is 54.6 Å². The van der Waals surface area contributed by atoms with Gasteiger partial charge in [-0.25, -0.2) is 4.79 Å². The number of ether oxygens (including phenoxy) is 3. The maximum atomic E-state index is 12.6. The van der Waals surface area contributed by atoms with E-state index in [1.807, 2.05) is 54.6 Å². The predicted octanol–water partition coefficient (Wildman–Crippen LogP) is 4.54. The van der Waals surface area contributed by atoms with Crippen molar-refractivity contribution in [3.63, 3.8) is 0 Å². The minimum atomic E-state index is -0.648. The fraction of sp³-hybridized carbons (Fsp3) is 0.130. The topological polar surface area (TPSA) is 61.8 Å². The van der Waals surface area contributed by atoms with Crippen molar-refractivity contribution >= 4 is 12.3 Å². The summed E-state index contributed by atoms with van der Waals surface area (Å²) in [5, 5.41) is 0. The molecule has 0 aliphatic heterocycles. The molecule has 0 spiro atoms. The van der Waals surface area contributed by atoms with E-state index < -0.39 is 5.97 Å². The highest BCUT2D eigenvalue weighted by Crippen LogP contribution is 2.33. The highest BCUT2D eigenvalue weighted by Gasteiger charge is 2.22. The summed E-state index contributed by atoms with van der Waals surface area (Å²) >= 11 is 0. The van der Waals surface area contributed by atoms with Crippen LogP contribution >= 0.6 is 0 Å². The third kappa shape index (κ3) is 4.04. The molecular weight excluding hydrogens is 356 g/mol. The van der Waals surface area contributed by atoms with Crippen molar-refractivity contribution in [2.24, 2.45) is 0 Å². The van der Waals surface area contributed by atoms with Gasteiger partial charge in [0.2, 0.25) is 0 Å². The molecule has 5 nitrogen and oxygen atoms in total. The van der Waals surface area contributed by atoms with E-state index in [9.17, 15) is 9.59 Å². The second kappa shape index (κ2) is 8.86. The molecule has 3 aromatic carbocycles. The Morgan fingerprint density at radius 1 is 0.857 bits per heavy atom. The molecular formula is C23H20O5. The van der Waals surface area contributed by atoms with Crippen molar-refractivity contribution in [2.75, 3.05) is 14.2 Å². The highest BCUT2D eigenvalue weighted by atomic mass is 16.5. The van der Waals surface area contributed by atoms with Crippen LogP contribution in [0.4, 0.5) is 0 Å². The fourth-order valence-electron chi connectivity index (χ4n) is 2.90. The third-order valence-corrected chi connectivity index (χ3v) is 4.34. The van der Waals surface area contributed by atoms with Crippen LogP contribution in [0.15, 0.2) is 66.7 Å². The van der Waals surface area contributed by atoms with E-state index in [0.29, 0.717) is 12.0 Å². The number of hydrogen-bond acceptors (Lipinski definition) is 5. The summed E-state index contributed by atoms with van der Waals surface area (Å²) in [5.74, 6) is -0.117. The lowest BCUT2D eigenvalue weighted by Gasteiger charge is -2.14. The van der Waals surface area contributed by atoms with Gasteiger partial charge in [0.1, 0.15) is 12.2 Å². The molecule has 0 saturated heterocycles. The lowest BCUT2D eigenvalue weighted by atomic mass is 10.0. The average molecular weight is 376 g/mol. The molecule has 0 bridgehead atoms. The number of hydrogen-bond donors (Lipinski definition) is 0. The first kappa shape index (κ1) is 19.2. The van der Waals surface area contributed by atoms with Crippen LogP contribution in [-0.2, 0) is 11.3 Å². The molecule has 0 radical (unpaired) electrons. The molecule has 28 heavy (non-hydrogen) atoms. The smallest absolute Gasteiger partial charge is 0.343 e. The summed E-state index contributed by atoms with van der Waals surface area (Å²) < 4.78 is 15.9. The van der Waals surface area contributed by atoms with Gasteiger partial charge in [0, 0.05) is 5.56 Å². The molecule has 0 aliphatic carbocycles. The number of carbonyl (C=O) groups excluding carboxylic acids is 2. The van der Waals surface area contributed by atoms with Crippen molar-refractivity contribution in [1.29, 1.82) is 0 Å². The van der Waals surface area contributed by atoms with Gasteiger partial charge >= 0.3 is 5.97 Å².